The van der Waals surface area contributed by atoms with Crippen LogP contribution in [0.2, 0.25) is 0 Å². The zero-order chi connectivity index (χ0) is 11.0. The number of nitrogens with zero attached hydrogens (tertiary/aromatic N) is 1. The highest BCUT2D eigenvalue weighted by atomic mass is 16.5. The number of allylic oxidation sites excluding steroid dienone is 1. The summed E-state index contributed by atoms with van der Waals surface area (Å²) in [4.78, 5) is 4.23. The van der Waals surface area contributed by atoms with E-state index in [0.29, 0.717) is 12.0 Å². The minimum absolute atomic E-state index is 0.569. The van der Waals surface area contributed by atoms with Gasteiger partial charge in [0, 0.05) is 12.2 Å². The van der Waals surface area contributed by atoms with Gasteiger partial charge in [0.05, 0.1) is 13.3 Å². The van der Waals surface area contributed by atoms with E-state index in [-0.39, 0.29) is 0 Å². The summed E-state index contributed by atoms with van der Waals surface area (Å²) < 4.78 is 5.22. The smallest absolute Gasteiger partial charge is 0.137 e. The van der Waals surface area contributed by atoms with Gasteiger partial charge >= 0.3 is 0 Å². The van der Waals surface area contributed by atoms with Gasteiger partial charge < -0.3 is 10.1 Å². The molecule has 2 atom stereocenters. The highest BCUT2D eigenvalue weighted by Crippen LogP contribution is 2.38. The van der Waals surface area contributed by atoms with Gasteiger partial charge in [-0.1, -0.05) is 6.08 Å². The second kappa shape index (κ2) is 3.91. The maximum atomic E-state index is 5.22. The molecule has 2 bridgehead atoms. The third-order valence-corrected chi connectivity index (χ3v) is 3.54. The topological polar surface area (TPSA) is 34.1 Å². The Morgan fingerprint density at radius 1 is 1.44 bits per heavy atom. The van der Waals surface area contributed by atoms with Crippen LogP contribution in [0.5, 0.6) is 5.75 Å². The lowest BCUT2D eigenvalue weighted by Crippen LogP contribution is -2.32. The van der Waals surface area contributed by atoms with Crippen LogP contribution in [0.1, 0.15) is 18.4 Å². The molecule has 2 aliphatic rings. The second-order valence-corrected chi connectivity index (χ2v) is 4.52. The Morgan fingerprint density at radius 2 is 2.38 bits per heavy atom. The predicted octanol–water partition coefficient (Wildman–Crippen LogP) is 1.86. The summed E-state index contributed by atoms with van der Waals surface area (Å²) in [5.41, 5.74) is 2.66. The average molecular weight is 216 g/mol. The van der Waals surface area contributed by atoms with Crippen LogP contribution in [0, 0.1) is 5.92 Å². The van der Waals surface area contributed by atoms with E-state index in [0.717, 1.165) is 12.3 Å². The number of aromatic nitrogens is 1. The first-order chi connectivity index (χ1) is 7.86. The summed E-state index contributed by atoms with van der Waals surface area (Å²) >= 11 is 0. The zero-order valence-electron chi connectivity index (χ0n) is 9.44. The third-order valence-electron chi connectivity index (χ3n) is 3.54. The molecule has 0 aromatic carbocycles. The molecular weight excluding hydrogens is 200 g/mol. The van der Waals surface area contributed by atoms with Gasteiger partial charge in [0.15, 0.2) is 0 Å². The number of methoxy groups -OCH3 is 1. The first kappa shape index (κ1) is 9.85. The molecule has 0 amide bonds. The van der Waals surface area contributed by atoms with Crippen molar-refractivity contribution < 1.29 is 4.74 Å². The maximum Gasteiger partial charge on any atom is 0.137 e. The van der Waals surface area contributed by atoms with E-state index in [1.54, 1.807) is 13.3 Å². The Morgan fingerprint density at radius 3 is 3.19 bits per heavy atom. The van der Waals surface area contributed by atoms with Crippen molar-refractivity contribution in [1.82, 2.24) is 10.3 Å². The maximum absolute atomic E-state index is 5.22. The van der Waals surface area contributed by atoms with Crippen molar-refractivity contribution in [2.45, 2.75) is 18.9 Å². The molecular formula is C13H16N2O. The molecule has 1 aromatic rings. The third kappa shape index (κ3) is 1.61. The second-order valence-electron chi connectivity index (χ2n) is 4.52. The van der Waals surface area contributed by atoms with Gasteiger partial charge in [-0.05, 0) is 42.5 Å². The summed E-state index contributed by atoms with van der Waals surface area (Å²) in [7, 11) is 1.68. The number of nitrogens with one attached hydrogen (secondary N) is 1. The van der Waals surface area contributed by atoms with E-state index in [2.05, 4.69) is 22.4 Å². The van der Waals surface area contributed by atoms with Crippen molar-refractivity contribution in [2.75, 3.05) is 13.7 Å². The molecule has 0 spiro atoms. The number of hydrogen-bond donors (Lipinski definition) is 1. The van der Waals surface area contributed by atoms with E-state index in [1.807, 2.05) is 6.20 Å². The lowest BCUT2D eigenvalue weighted by molar-refractivity contribution is 0.411. The van der Waals surface area contributed by atoms with Crippen LogP contribution in [0.4, 0.5) is 0 Å². The fourth-order valence-corrected chi connectivity index (χ4v) is 2.73. The number of rotatable bonds is 2. The van der Waals surface area contributed by atoms with Crippen molar-refractivity contribution >= 4 is 5.57 Å². The monoisotopic (exact) mass is 216 g/mol. The normalized spacial score (nSPS) is 27.7. The molecule has 3 heteroatoms. The first-order valence-corrected chi connectivity index (χ1v) is 5.81. The molecule has 3 rings (SSSR count). The molecule has 3 nitrogen and oxygen atoms in total. The minimum Gasteiger partial charge on any atom is -0.495 e. The first-order valence-electron chi connectivity index (χ1n) is 5.81. The number of fused-ring (bicyclic) bond motifs is 2. The molecule has 84 valence electrons. The van der Waals surface area contributed by atoms with Crippen LogP contribution in [-0.2, 0) is 0 Å². The molecule has 2 heterocycles. The van der Waals surface area contributed by atoms with Crippen molar-refractivity contribution in [3.05, 3.63) is 30.1 Å². The van der Waals surface area contributed by atoms with E-state index in [1.165, 1.54) is 24.0 Å². The average Bonchev–Trinajstić information content (AvgIpc) is 2.64. The largest absolute Gasteiger partial charge is 0.495 e. The van der Waals surface area contributed by atoms with Crippen LogP contribution >= 0.6 is 0 Å². The van der Waals surface area contributed by atoms with E-state index in [9.17, 15) is 0 Å². The van der Waals surface area contributed by atoms with Crippen LogP contribution in [-0.4, -0.2) is 24.7 Å². The summed E-state index contributed by atoms with van der Waals surface area (Å²) in [6, 6.07) is 2.65. The molecule has 1 aliphatic heterocycles. The van der Waals surface area contributed by atoms with Crippen molar-refractivity contribution in [3.63, 3.8) is 0 Å². The minimum atomic E-state index is 0.569. The highest BCUT2D eigenvalue weighted by molar-refractivity contribution is 5.71. The molecule has 1 N–H and O–H groups in total. The van der Waals surface area contributed by atoms with Crippen LogP contribution in [0.15, 0.2) is 24.5 Å². The Labute approximate surface area is 95.5 Å². The van der Waals surface area contributed by atoms with Gasteiger partial charge in [-0.15, -0.1) is 0 Å². The number of ether oxygens (including phenoxy) is 1. The lowest BCUT2D eigenvalue weighted by Gasteiger charge is -2.21. The number of pyridine rings is 1. The number of piperidine rings is 1. The standard InChI is InChI=1S/C13H16N2O/c1-16-12-5-10(7-14-8-12)13-6-11-4-9(13)2-3-15-11/h5-9,11,15H,2-4H2,1H3. The fraction of sp³-hybridized carbons (Fsp3) is 0.462. The van der Waals surface area contributed by atoms with Crippen molar-refractivity contribution in [3.8, 4) is 5.75 Å². The van der Waals surface area contributed by atoms with E-state index >= 15 is 0 Å². The summed E-state index contributed by atoms with van der Waals surface area (Å²) in [5.74, 6) is 1.55. The SMILES string of the molecule is COc1cncc(C2=CC3CC2CCN3)c1. The Balaban J connectivity index is 1.94. The number of hydrogen-bond acceptors (Lipinski definition) is 3. The van der Waals surface area contributed by atoms with Gasteiger partial charge in [0.1, 0.15) is 5.75 Å². The molecule has 0 saturated carbocycles. The molecule has 2 unspecified atom stereocenters. The Hall–Kier alpha value is -1.35. The quantitative estimate of drug-likeness (QED) is 0.819. The van der Waals surface area contributed by atoms with Crippen LogP contribution in [0.25, 0.3) is 5.57 Å². The van der Waals surface area contributed by atoms with Gasteiger partial charge in [-0.2, -0.15) is 0 Å². The van der Waals surface area contributed by atoms with Crippen molar-refractivity contribution in [1.29, 1.82) is 0 Å². The van der Waals surface area contributed by atoms with Gasteiger partial charge in [0.2, 0.25) is 0 Å². The highest BCUT2D eigenvalue weighted by Gasteiger charge is 2.30. The summed E-state index contributed by atoms with van der Waals surface area (Å²) in [5, 5.41) is 3.51. The fourth-order valence-electron chi connectivity index (χ4n) is 2.73. The zero-order valence-corrected chi connectivity index (χ0v) is 9.44. The molecule has 16 heavy (non-hydrogen) atoms. The van der Waals surface area contributed by atoms with Gasteiger partial charge in [-0.25, -0.2) is 0 Å². The van der Waals surface area contributed by atoms with Crippen LogP contribution < -0.4 is 10.1 Å². The van der Waals surface area contributed by atoms with Crippen molar-refractivity contribution in [2.24, 2.45) is 5.92 Å². The van der Waals surface area contributed by atoms with Crippen LogP contribution in [0.3, 0.4) is 0 Å². The Kier molecular flexibility index (Phi) is 2.40. The Bertz CT molecular complexity index is 428. The van der Waals surface area contributed by atoms with Gasteiger partial charge in [0.25, 0.3) is 0 Å². The lowest BCUT2D eigenvalue weighted by atomic mass is 9.91. The molecule has 1 saturated heterocycles. The summed E-state index contributed by atoms with van der Waals surface area (Å²) in [6.07, 6.45) is 8.53. The van der Waals surface area contributed by atoms with E-state index < -0.39 is 0 Å². The van der Waals surface area contributed by atoms with E-state index in [4.69, 9.17) is 4.74 Å². The molecule has 1 aromatic heterocycles. The molecule has 1 fully saturated rings. The molecule has 1 aliphatic carbocycles. The molecule has 0 radical (unpaired) electrons. The predicted molar refractivity (Wildman–Crippen MR) is 63.3 cm³/mol. The summed E-state index contributed by atoms with van der Waals surface area (Å²) in [6.45, 7) is 1.13. The van der Waals surface area contributed by atoms with Gasteiger partial charge in [-0.3, -0.25) is 4.98 Å².